The number of rotatable bonds is 6. The van der Waals surface area contributed by atoms with Crippen LogP contribution in [0.4, 0.5) is 14.5 Å². The fraction of sp³-hybridized carbons (Fsp3) is 0.263. The smallest absolute Gasteiger partial charge is 0.317 e. The van der Waals surface area contributed by atoms with Gasteiger partial charge >= 0.3 is 5.97 Å². The molecule has 1 amide bonds. The minimum atomic E-state index is -1.14. The predicted molar refractivity (Wildman–Crippen MR) is 98.7 cm³/mol. The summed E-state index contributed by atoms with van der Waals surface area (Å²) in [7, 11) is 0. The van der Waals surface area contributed by atoms with E-state index in [1.54, 1.807) is 18.2 Å². The SMILES string of the molecule is C[C@H](OC(=O)CSc1ccc2c(c1)OCCO2)C(=O)Nc1ccc(F)cc1F. The van der Waals surface area contributed by atoms with Crippen LogP contribution in [0.25, 0.3) is 0 Å². The third kappa shape index (κ3) is 5.13. The van der Waals surface area contributed by atoms with Crippen LogP contribution in [0.3, 0.4) is 0 Å². The van der Waals surface area contributed by atoms with Crippen molar-refractivity contribution in [3.05, 3.63) is 48.0 Å². The number of hydrogen-bond acceptors (Lipinski definition) is 6. The maximum Gasteiger partial charge on any atom is 0.317 e. The van der Waals surface area contributed by atoms with Crippen molar-refractivity contribution in [2.75, 3.05) is 24.3 Å². The number of ether oxygens (including phenoxy) is 3. The van der Waals surface area contributed by atoms with Gasteiger partial charge < -0.3 is 19.5 Å². The van der Waals surface area contributed by atoms with Crippen LogP contribution in [0.1, 0.15) is 6.92 Å². The fourth-order valence-corrected chi connectivity index (χ4v) is 3.07. The van der Waals surface area contributed by atoms with Gasteiger partial charge in [-0.3, -0.25) is 9.59 Å². The van der Waals surface area contributed by atoms with Crippen LogP contribution in [0, 0.1) is 11.6 Å². The molecule has 0 saturated carbocycles. The van der Waals surface area contributed by atoms with Crippen molar-refractivity contribution in [2.24, 2.45) is 0 Å². The molecule has 1 N–H and O–H groups in total. The number of halogens is 2. The third-order valence-corrected chi connectivity index (χ3v) is 4.70. The first-order valence-corrected chi connectivity index (χ1v) is 9.39. The van der Waals surface area contributed by atoms with Crippen molar-refractivity contribution in [3.8, 4) is 11.5 Å². The monoisotopic (exact) mass is 409 g/mol. The lowest BCUT2D eigenvalue weighted by atomic mass is 10.2. The molecule has 2 aromatic carbocycles. The molecule has 1 heterocycles. The van der Waals surface area contributed by atoms with E-state index in [0.29, 0.717) is 30.8 Å². The van der Waals surface area contributed by atoms with Crippen LogP contribution in [0.15, 0.2) is 41.3 Å². The second-order valence-electron chi connectivity index (χ2n) is 5.84. The van der Waals surface area contributed by atoms with Gasteiger partial charge in [0.15, 0.2) is 17.6 Å². The number of hydrogen-bond donors (Lipinski definition) is 1. The van der Waals surface area contributed by atoms with E-state index in [0.717, 1.165) is 17.0 Å². The number of esters is 1. The summed E-state index contributed by atoms with van der Waals surface area (Å²) in [4.78, 5) is 24.8. The van der Waals surface area contributed by atoms with Crippen molar-refractivity contribution in [1.29, 1.82) is 0 Å². The second kappa shape index (κ2) is 8.92. The lowest BCUT2D eigenvalue weighted by Gasteiger charge is -2.18. The zero-order valence-electron chi connectivity index (χ0n) is 14.9. The maximum absolute atomic E-state index is 13.6. The predicted octanol–water partition coefficient (Wildman–Crippen LogP) is 3.40. The Morgan fingerprint density at radius 3 is 2.64 bits per heavy atom. The molecule has 0 unspecified atom stereocenters. The van der Waals surface area contributed by atoms with Crippen LogP contribution in [0.5, 0.6) is 11.5 Å². The summed E-state index contributed by atoms with van der Waals surface area (Å²) in [6, 6.07) is 8.07. The number of fused-ring (bicyclic) bond motifs is 1. The normalized spacial score (nSPS) is 13.5. The standard InChI is InChI=1S/C19H17F2NO5S/c1-11(19(24)22-15-4-2-12(20)8-14(15)21)27-18(23)10-28-13-3-5-16-17(9-13)26-7-6-25-16/h2-5,8-9,11H,6-7,10H2,1H3,(H,22,24)/t11-/m0/s1. The van der Waals surface area contributed by atoms with E-state index < -0.39 is 29.6 Å². The fourth-order valence-electron chi connectivity index (χ4n) is 2.37. The molecule has 0 radical (unpaired) electrons. The first-order valence-electron chi connectivity index (χ1n) is 8.40. The Labute approximate surface area is 164 Å². The van der Waals surface area contributed by atoms with E-state index in [9.17, 15) is 18.4 Å². The lowest BCUT2D eigenvalue weighted by molar-refractivity contribution is -0.150. The van der Waals surface area contributed by atoms with Crippen LogP contribution in [-0.2, 0) is 14.3 Å². The highest BCUT2D eigenvalue weighted by molar-refractivity contribution is 8.00. The number of nitrogens with one attached hydrogen (secondary N) is 1. The van der Waals surface area contributed by atoms with Crippen LogP contribution >= 0.6 is 11.8 Å². The largest absolute Gasteiger partial charge is 0.486 e. The van der Waals surface area contributed by atoms with Crippen molar-refractivity contribution in [2.45, 2.75) is 17.9 Å². The zero-order chi connectivity index (χ0) is 20.1. The Bertz CT molecular complexity index is 893. The van der Waals surface area contributed by atoms with Crippen LogP contribution < -0.4 is 14.8 Å². The first kappa shape index (κ1) is 19.9. The van der Waals surface area contributed by atoms with E-state index in [4.69, 9.17) is 14.2 Å². The molecule has 9 heteroatoms. The van der Waals surface area contributed by atoms with E-state index in [1.807, 2.05) is 0 Å². The highest BCUT2D eigenvalue weighted by Crippen LogP contribution is 2.34. The Morgan fingerprint density at radius 1 is 1.14 bits per heavy atom. The van der Waals surface area contributed by atoms with Gasteiger partial charge in [0.25, 0.3) is 5.91 Å². The van der Waals surface area contributed by atoms with Crippen molar-refractivity contribution < 1.29 is 32.6 Å². The molecule has 6 nitrogen and oxygen atoms in total. The minimum Gasteiger partial charge on any atom is -0.486 e. The van der Waals surface area contributed by atoms with Crippen molar-refractivity contribution in [3.63, 3.8) is 0 Å². The summed E-state index contributed by atoms with van der Waals surface area (Å²) < 4.78 is 42.4. The van der Waals surface area contributed by atoms with Gasteiger partial charge in [-0.05, 0) is 37.3 Å². The average Bonchev–Trinajstić information content (AvgIpc) is 2.68. The molecule has 148 valence electrons. The Kier molecular flexibility index (Phi) is 6.35. The zero-order valence-corrected chi connectivity index (χ0v) is 15.7. The Morgan fingerprint density at radius 2 is 1.89 bits per heavy atom. The average molecular weight is 409 g/mol. The van der Waals surface area contributed by atoms with Gasteiger partial charge in [0.1, 0.15) is 24.8 Å². The molecular formula is C19H17F2NO5S. The lowest BCUT2D eigenvalue weighted by Crippen LogP contribution is -2.30. The number of carbonyl (C=O) groups is 2. The summed E-state index contributed by atoms with van der Waals surface area (Å²) in [5, 5.41) is 2.26. The molecule has 1 atom stereocenters. The van der Waals surface area contributed by atoms with Gasteiger partial charge in [0.2, 0.25) is 0 Å². The molecular weight excluding hydrogens is 392 g/mol. The van der Waals surface area contributed by atoms with E-state index in [1.165, 1.54) is 18.7 Å². The molecule has 1 aliphatic heterocycles. The molecule has 3 rings (SSSR count). The molecule has 0 fully saturated rings. The topological polar surface area (TPSA) is 73.9 Å². The van der Waals surface area contributed by atoms with Gasteiger partial charge in [0, 0.05) is 11.0 Å². The Hall–Kier alpha value is -2.81. The summed E-state index contributed by atoms with van der Waals surface area (Å²) in [6.45, 7) is 2.32. The summed E-state index contributed by atoms with van der Waals surface area (Å²) >= 11 is 1.22. The van der Waals surface area contributed by atoms with E-state index >= 15 is 0 Å². The minimum absolute atomic E-state index is 0.0256. The molecule has 0 bridgehead atoms. The van der Waals surface area contributed by atoms with E-state index in [2.05, 4.69) is 5.32 Å². The highest BCUT2D eigenvalue weighted by Gasteiger charge is 2.20. The molecule has 0 saturated heterocycles. The molecule has 2 aromatic rings. The summed E-state index contributed by atoms with van der Waals surface area (Å²) in [5.74, 6) is -1.77. The van der Waals surface area contributed by atoms with Gasteiger partial charge in [0.05, 0.1) is 11.4 Å². The van der Waals surface area contributed by atoms with Gasteiger partial charge in [-0.1, -0.05) is 0 Å². The number of amides is 1. The third-order valence-electron chi connectivity index (χ3n) is 3.74. The Balaban J connectivity index is 1.49. The maximum atomic E-state index is 13.6. The highest BCUT2D eigenvalue weighted by atomic mass is 32.2. The van der Waals surface area contributed by atoms with Crippen molar-refractivity contribution >= 4 is 29.3 Å². The number of carbonyl (C=O) groups excluding carboxylic acids is 2. The molecule has 1 aliphatic rings. The van der Waals surface area contributed by atoms with Crippen molar-refractivity contribution in [1.82, 2.24) is 0 Å². The summed E-state index contributed by atoms with van der Waals surface area (Å²) in [6.07, 6.45) is -1.14. The van der Waals surface area contributed by atoms with Gasteiger partial charge in [-0.15, -0.1) is 11.8 Å². The van der Waals surface area contributed by atoms with Gasteiger partial charge in [-0.25, -0.2) is 8.78 Å². The number of thioether (sulfide) groups is 1. The molecule has 0 aliphatic carbocycles. The quantitative estimate of drug-likeness (QED) is 0.582. The van der Waals surface area contributed by atoms with Crippen LogP contribution in [-0.4, -0.2) is 36.9 Å². The molecule has 0 spiro atoms. The van der Waals surface area contributed by atoms with Crippen LogP contribution in [0.2, 0.25) is 0 Å². The first-order chi connectivity index (χ1) is 13.4. The number of anilines is 1. The van der Waals surface area contributed by atoms with E-state index in [-0.39, 0.29) is 11.4 Å². The second-order valence-corrected chi connectivity index (χ2v) is 6.89. The molecule has 0 aromatic heterocycles. The van der Waals surface area contributed by atoms with Gasteiger partial charge in [-0.2, -0.15) is 0 Å². The number of benzene rings is 2. The molecule has 28 heavy (non-hydrogen) atoms. The summed E-state index contributed by atoms with van der Waals surface area (Å²) in [5.41, 5.74) is -0.194.